The lowest BCUT2D eigenvalue weighted by Gasteiger charge is -2.45. The normalized spacial score (nSPS) is 36.9. The van der Waals surface area contributed by atoms with E-state index in [0.717, 1.165) is 35.1 Å². The first-order valence-electron chi connectivity index (χ1n) is 10.3. The Bertz CT molecular complexity index is 1180. The Balaban J connectivity index is 1.63. The monoisotopic (exact) mass is 405 g/mol. The number of Topliss-reactive ketones (excluding diaryl/α,β-unsaturated/α-hetero) is 1. The summed E-state index contributed by atoms with van der Waals surface area (Å²) in [4.78, 5) is 16.4. The van der Waals surface area contributed by atoms with Crippen LogP contribution < -0.4 is 0 Å². The van der Waals surface area contributed by atoms with Crippen molar-refractivity contribution in [2.75, 3.05) is 0 Å². The fourth-order valence-electron chi connectivity index (χ4n) is 6.48. The van der Waals surface area contributed by atoms with E-state index in [2.05, 4.69) is 11.5 Å². The van der Waals surface area contributed by atoms with Crippen molar-refractivity contribution in [1.82, 2.24) is 4.90 Å². The topological polar surface area (TPSA) is 54.5 Å². The van der Waals surface area contributed by atoms with Gasteiger partial charge in [-0.2, -0.15) is 0 Å². The van der Waals surface area contributed by atoms with Crippen molar-refractivity contribution >= 4 is 15.6 Å². The molecule has 3 aliphatic heterocycles. The van der Waals surface area contributed by atoms with Crippen molar-refractivity contribution < 1.29 is 13.2 Å². The maximum atomic E-state index is 14.1. The Labute approximate surface area is 171 Å². The molecule has 6 atom stereocenters. The van der Waals surface area contributed by atoms with E-state index in [-0.39, 0.29) is 22.6 Å². The quantitative estimate of drug-likeness (QED) is 0.711. The first-order chi connectivity index (χ1) is 13.9. The van der Waals surface area contributed by atoms with E-state index < -0.39 is 26.7 Å². The summed E-state index contributed by atoms with van der Waals surface area (Å²) in [6, 6.07) is 14.2. The summed E-state index contributed by atoms with van der Waals surface area (Å²) < 4.78 is 26.8. The Hall–Kier alpha value is -2.24. The molecule has 148 valence electrons. The Kier molecular flexibility index (Phi) is 3.32. The summed E-state index contributed by atoms with van der Waals surface area (Å²) >= 11 is 0. The Morgan fingerprint density at radius 1 is 1.07 bits per heavy atom. The van der Waals surface area contributed by atoms with Crippen LogP contribution in [0.25, 0.3) is 0 Å². The molecule has 1 saturated carbocycles. The van der Waals surface area contributed by atoms with Gasteiger partial charge in [0.1, 0.15) is 0 Å². The molecule has 4 nitrogen and oxygen atoms in total. The highest BCUT2D eigenvalue weighted by Gasteiger charge is 2.75. The fourth-order valence-corrected chi connectivity index (χ4v) is 8.71. The van der Waals surface area contributed by atoms with Crippen LogP contribution in [0.2, 0.25) is 0 Å². The number of hydrogen-bond donors (Lipinski definition) is 0. The van der Waals surface area contributed by atoms with Gasteiger partial charge in [0.05, 0.1) is 17.0 Å². The van der Waals surface area contributed by atoms with Gasteiger partial charge >= 0.3 is 0 Å². The van der Waals surface area contributed by atoms with Gasteiger partial charge in [0.25, 0.3) is 0 Å². The zero-order valence-electron chi connectivity index (χ0n) is 16.3. The maximum Gasteiger partial charge on any atom is 0.193 e. The van der Waals surface area contributed by atoms with Gasteiger partial charge in [-0.05, 0) is 55.4 Å². The minimum absolute atomic E-state index is 0.0646. The third-order valence-electron chi connectivity index (χ3n) is 7.76. The van der Waals surface area contributed by atoms with Gasteiger partial charge in [0.15, 0.2) is 20.4 Å². The third-order valence-corrected chi connectivity index (χ3v) is 10.2. The molecule has 3 heterocycles. The first kappa shape index (κ1) is 17.6. The van der Waals surface area contributed by atoms with E-state index in [1.165, 1.54) is 0 Å². The molecule has 4 bridgehead atoms. The summed E-state index contributed by atoms with van der Waals surface area (Å²) in [5.41, 5.74) is 4.11. The predicted octanol–water partition coefficient (Wildman–Crippen LogP) is 3.93. The lowest BCUT2D eigenvalue weighted by molar-refractivity contribution is -0.122. The molecule has 0 N–H and O–H groups in total. The highest BCUT2D eigenvalue weighted by Crippen LogP contribution is 2.68. The maximum absolute atomic E-state index is 14.1. The van der Waals surface area contributed by atoms with Crippen LogP contribution in [-0.2, 0) is 14.6 Å². The number of nitrogens with zero attached hydrogens (tertiary/aromatic N) is 1. The highest BCUT2D eigenvalue weighted by atomic mass is 32.2. The Morgan fingerprint density at radius 2 is 1.76 bits per heavy atom. The molecular weight excluding hydrogens is 382 g/mol. The molecule has 0 spiro atoms. The number of sulfone groups is 1. The number of piperidine rings is 1. The van der Waals surface area contributed by atoms with Crippen LogP contribution in [0.5, 0.6) is 0 Å². The van der Waals surface area contributed by atoms with Gasteiger partial charge in [0.2, 0.25) is 0 Å². The van der Waals surface area contributed by atoms with Gasteiger partial charge in [-0.1, -0.05) is 54.1 Å². The average Bonchev–Trinajstić information content (AvgIpc) is 3.30. The molecule has 6 rings (SSSR count). The van der Waals surface area contributed by atoms with Crippen molar-refractivity contribution in [3.8, 4) is 0 Å². The summed E-state index contributed by atoms with van der Waals surface area (Å²) in [5.74, 6) is -0.0706. The zero-order chi connectivity index (χ0) is 20.1. The minimum atomic E-state index is -3.87. The molecule has 0 amide bonds. The van der Waals surface area contributed by atoms with Gasteiger partial charge in [0, 0.05) is 6.04 Å². The molecule has 2 aromatic rings. The molecule has 4 unspecified atom stereocenters. The van der Waals surface area contributed by atoms with E-state index in [0.29, 0.717) is 6.42 Å². The summed E-state index contributed by atoms with van der Waals surface area (Å²) in [5, 5.41) is 0. The van der Waals surface area contributed by atoms with Crippen molar-refractivity contribution in [3.05, 3.63) is 77.4 Å². The van der Waals surface area contributed by atoms with Crippen LogP contribution in [0.4, 0.5) is 0 Å². The van der Waals surface area contributed by atoms with E-state index >= 15 is 0 Å². The summed E-state index contributed by atoms with van der Waals surface area (Å²) in [6.45, 7) is 6.18. The second kappa shape index (κ2) is 5.46. The van der Waals surface area contributed by atoms with Crippen LogP contribution in [0, 0.1) is 12.8 Å². The lowest BCUT2D eigenvalue weighted by atomic mass is 9.74. The third kappa shape index (κ3) is 1.89. The number of fused-ring (bicyclic) bond motifs is 3. The second-order valence-corrected chi connectivity index (χ2v) is 11.2. The molecular formula is C24H23NO3S. The summed E-state index contributed by atoms with van der Waals surface area (Å²) in [7, 11) is -3.87. The minimum Gasteiger partial charge on any atom is -0.296 e. The van der Waals surface area contributed by atoms with Crippen molar-refractivity contribution in [1.29, 1.82) is 0 Å². The van der Waals surface area contributed by atoms with Crippen LogP contribution in [0.3, 0.4) is 0 Å². The van der Waals surface area contributed by atoms with Crippen molar-refractivity contribution in [2.24, 2.45) is 5.92 Å². The van der Waals surface area contributed by atoms with E-state index in [1.54, 1.807) is 12.1 Å². The van der Waals surface area contributed by atoms with Crippen LogP contribution >= 0.6 is 0 Å². The number of carbonyl (C=O) groups is 1. The molecule has 1 aliphatic carbocycles. The largest absolute Gasteiger partial charge is 0.296 e. The van der Waals surface area contributed by atoms with Gasteiger partial charge < -0.3 is 0 Å². The number of benzene rings is 2. The zero-order valence-corrected chi connectivity index (χ0v) is 17.2. The van der Waals surface area contributed by atoms with Crippen LogP contribution in [-0.4, -0.2) is 29.9 Å². The van der Waals surface area contributed by atoms with E-state index in [1.807, 2.05) is 43.3 Å². The Morgan fingerprint density at radius 3 is 2.48 bits per heavy atom. The fraction of sp³-hybridized carbons (Fsp3) is 0.375. The van der Waals surface area contributed by atoms with Crippen molar-refractivity contribution in [3.63, 3.8) is 0 Å². The van der Waals surface area contributed by atoms with Crippen molar-refractivity contribution in [2.45, 2.75) is 54.0 Å². The smallest absolute Gasteiger partial charge is 0.193 e. The molecule has 4 aliphatic rings. The van der Waals surface area contributed by atoms with Gasteiger partial charge in [-0.3, -0.25) is 9.69 Å². The average molecular weight is 406 g/mol. The van der Waals surface area contributed by atoms with E-state index in [4.69, 9.17) is 0 Å². The number of ketones is 1. The highest BCUT2D eigenvalue weighted by molar-refractivity contribution is 7.93. The molecule has 29 heavy (non-hydrogen) atoms. The van der Waals surface area contributed by atoms with Gasteiger partial charge in [-0.15, -0.1) is 0 Å². The van der Waals surface area contributed by atoms with E-state index in [9.17, 15) is 13.2 Å². The molecule has 0 aromatic heterocycles. The lowest BCUT2D eigenvalue weighted by Crippen LogP contribution is -2.56. The number of rotatable bonds is 2. The number of aryl methyl sites for hydroxylation is 1. The standard InChI is InChI=1S/C24H23NO3S/c1-14-7-10-16(11-8-14)29(27,28)24-13-19-15(2)9-12-20(19)25-21(23(24)26)17-5-3-4-6-18(17)22(24)25/h3-8,10-11,19-22H,2,9,12-13H2,1H3/t19-,20-,21?,22?,24?/m1/s1. The molecule has 3 fully saturated rings. The molecule has 0 radical (unpaired) electrons. The first-order valence-corrected chi connectivity index (χ1v) is 11.8. The predicted molar refractivity (Wildman–Crippen MR) is 110 cm³/mol. The number of hydrogen-bond acceptors (Lipinski definition) is 4. The van der Waals surface area contributed by atoms with Crippen LogP contribution in [0.1, 0.15) is 48.0 Å². The summed E-state index contributed by atoms with van der Waals surface area (Å²) in [6.07, 6.45) is 2.23. The van der Waals surface area contributed by atoms with Crippen LogP contribution in [0.15, 0.2) is 65.6 Å². The molecule has 2 aromatic carbocycles. The van der Waals surface area contributed by atoms with Gasteiger partial charge in [-0.25, -0.2) is 8.42 Å². The molecule has 5 heteroatoms. The SMILES string of the molecule is C=C1CC[C@@H]2[C@@H]1CC1(S(=O)(=O)c3ccc(C)cc3)C(=O)C3c4ccccc4C1N32. The second-order valence-electron chi connectivity index (χ2n) is 9.03. The number of carbonyl (C=O) groups excluding carboxylic acids is 1. The molecule has 2 saturated heterocycles.